The van der Waals surface area contributed by atoms with Crippen LogP contribution in [-0.4, -0.2) is 103 Å². The molecule has 22 heteroatoms. The summed E-state index contributed by atoms with van der Waals surface area (Å²) in [5.41, 5.74) is 21.1. The van der Waals surface area contributed by atoms with E-state index in [2.05, 4.69) is 29.9 Å². The minimum atomic E-state index is -0.787. The maximum Gasteiger partial charge on any atom is 0.317 e. The molecule has 2 aliphatic rings. The molecule has 5 N–H and O–H groups in total. The molecule has 0 saturated carbocycles. The van der Waals surface area contributed by atoms with Crippen LogP contribution in [0, 0.1) is 32.1 Å². The summed E-state index contributed by atoms with van der Waals surface area (Å²) in [4.78, 5) is 32.2. The number of halogens is 2. The van der Waals surface area contributed by atoms with Gasteiger partial charge < -0.3 is 49.8 Å². The lowest BCUT2D eigenvalue weighted by Gasteiger charge is -2.20. The Kier molecular flexibility index (Phi) is 19.1. The number of carboxylic acid groups (broad SMARTS) is 1. The molecule has 0 atom stereocenters. The first-order valence-corrected chi connectivity index (χ1v) is 26.7. The van der Waals surface area contributed by atoms with Crippen molar-refractivity contribution in [2.75, 3.05) is 58.5 Å². The number of anilines is 2. The molecule has 7 heterocycles. The highest BCUT2D eigenvalue weighted by molar-refractivity contribution is 5.88. The summed E-state index contributed by atoms with van der Waals surface area (Å²) in [6.07, 6.45) is 8.35. The Hall–Kier alpha value is -9.56. The summed E-state index contributed by atoms with van der Waals surface area (Å²) in [6.45, 7) is 14.8. The topological polar surface area (TPSA) is 240 Å². The molecule has 2 fully saturated rings. The third-order valence-corrected chi connectivity index (χ3v) is 13.3. The van der Waals surface area contributed by atoms with Crippen molar-refractivity contribution in [2.24, 2.45) is 0 Å². The molecule has 2 aliphatic heterocycles. The van der Waals surface area contributed by atoms with Crippen LogP contribution in [-0.2, 0) is 27.5 Å². The van der Waals surface area contributed by atoms with E-state index < -0.39 is 17.6 Å². The van der Waals surface area contributed by atoms with Gasteiger partial charge in [-0.3, -0.25) is 19.7 Å². The molecular formula is C61H62F2N12O8. The second kappa shape index (κ2) is 27.3. The molecule has 0 spiro atoms. The van der Waals surface area contributed by atoms with Gasteiger partial charge in [0.15, 0.2) is 5.82 Å². The molecule has 0 unspecified atom stereocenters. The largest absolute Gasteiger partial charge is 0.489 e. The second-order valence-corrected chi connectivity index (χ2v) is 19.9. The lowest BCUT2D eigenvalue weighted by atomic mass is 9.96. The average Bonchev–Trinajstić information content (AvgIpc) is 3.02. The molecule has 5 aromatic heterocycles. The van der Waals surface area contributed by atoms with Crippen LogP contribution in [0.25, 0.3) is 27.3 Å². The number of pyridine rings is 2. The number of ether oxygens (including phenoxy) is 6. The van der Waals surface area contributed by atoms with Gasteiger partial charge in [0.05, 0.1) is 29.3 Å². The third-order valence-electron chi connectivity index (χ3n) is 13.3. The number of nitrogens with two attached hydrogens (primary N) is 2. The second-order valence-electron chi connectivity index (χ2n) is 19.9. The van der Waals surface area contributed by atoms with E-state index in [0.29, 0.717) is 83.6 Å². The maximum absolute atomic E-state index is 14.3. The zero-order chi connectivity index (χ0) is 58.4. The lowest BCUT2D eigenvalue weighted by molar-refractivity contribution is -0.137. The van der Waals surface area contributed by atoms with E-state index in [-0.39, 0.29) is 37.4 Å². The molecule has 428 valence electrons. The normalized spacial score (nSPS) is 13.5. The molecule has 83 heavy (non-hydrogen) atoms. The van der Waals surface area contributed by atoms with Crippen molar-refractivity contribution in [3.05, 3.63) is 185 Å². The molecule has 0 aliphatic carbocycles. The standard InChI is InChI=1S/C29H27FN6O3.C28H26FN5O3.C4H9NO2/c1-18-2-3-19(15-32-18)16-38-24-12-21(30)13-25(14-24)39-23-6-4-22(5-7-23)36-28-27(33-17-34-29(28)31)26(35-36)20-8-10-37-11-9-20;1-18-3-4-19(16-32-18)17-36-24-13-21(29)14-25(15-24)37-23-7-5-22(6-8-23)34-28(31-2)26(30)27(33-34)20-9-11-35-12-10-20;1-5(2)3-4(6)7/h2-7,12-15,17,20H,8-11,16H2,1H3,(H2,31,33,34);3-8,13-16,20H,9-12,17,30H2,1H3;3H2,1-2H3,(H,6,7). The number of likely N-dealkylation sites (N-methyl/N-ethyl adjacent to an activating group) is 1. The minimum absolute atomic E-state index is 0.111. The van der Waals surface area contributed by atoms with Gasteiger partial charge in [-0.05, 0) is 114 Å². The highest BCUT2D eigenvalue weighted by atomic mass is 19.1. The van der Waals surface area contributed by atoms with Crippen molar-refractivity contribution in [2.45, 2.75) is 64.6 Å². The van der Waals surface area contributed by atoms with Crippen molar-refractivity contribution in [1.82, 2.24) is 44.4 Å². The lowest BCUT2D eigenvalue weighted by Crippen LogP contribution is -2.20. The van der Waals surface area contributed by atoms with E-state index in [9.17, 15) is 13.6 Å². The van der Waals surface area contributed by atoms with Crippen LogP contribution in [0.15, 0.2) is 128 Å². The van der Waals surface area contributed by atoms with Crippen LogP contribution >= 0.6 is 0 Å². The van der Waals surface area contributed by atoms with E-state index >= 15 is 0 Å². The number of aliphatic carboxylic acids is 1. The van der Waals surface area contributed by atoms with Crippen molar-refractivity contribution < 1.29 is 47.1 Å². The van der Waals surface area contributed by atoms with Gasteiger partial charge in [0, 0.05) is 110 Å². The quantitative estimate of drug-likeness (QED) is 0.0762. The summed E-state index contributed by atoms with van der Waals surface area (Å²) < 4.78 is 66.2. The Morgan fingerprint density at radius 2 is 1.12 bits per heavy atom. The van der Waals surface area contributed by atoms with Gasteiger partial charge in [-0.2, -0.15) is 9.78 Å². The molecule has 11 rings (SSSR count). The summed E-state index contributed by atoms with van der Waals surface area (Å²) in [6, 6.07) is 30.5. The number of rotatable bonds is 16. The monoisotopic (exact) mass is 1130 g/mol. The number of benzene rings is 4. The van der Waals surface area contributed by atoms with Gasteiger partial charge in [-0.1, -0.05) is 23.8 Å². The number of nitrogen functional groups attached to an aromatic ring is 2. The number of fused-ring (bicyclic) bond motifs is 1. The Balaban J connectivity index is 0.000000179. The number of carboxylic acids is 1. The number of hydrogen-bond donors (Lipinski definition) is 3. The first-order chi connectivity index (χ1) is 40.2. The number of aryl methyl sites for hydroxylation is 2. The van der Waals surface area contributed by atoms with Crippen molar-refractivity contribution >= 4 is 34.3 Å². The predicted octanol–water partition coefficient (Wildman–Crippen LogP) is 11.3. The predicted molar refractivity (Wildman–Crippen MR) is 307 cm³/mol. The van der Waals surface area contributed by atoms with Gasteiger partial charge in [0.1, 0.15) is 82.4 Å². The van der Waals surface area contributed by atoms with Gasteiger partial charge in [0.2, 0.25) is 0 Å². The third kappa shape index (κ3) is 15.5. The molecule has 0 radical (unpaired) electrons. The number of nitrogens with zero attached hydrogens (tertiary/aromatic N) is 10. The fraction of sp³-hybridized carbons (Fsp3) is 0.279. The van der Waals surface area contributed by atoms with E-state index in [1.807, 2.05) is 50.2 Å². The number of carbonyl (C=O) groups is 1. The first-order valence-electron chi connectivity index (χ1n) is 26.7. The fourth-order valence-corrected chi connectivity index (χ4v) is 9.14. The van der Waals surface area contributed by atoms with Crippen LogP contribution in [0.3, 0.4) is 0 Å². The average molecular weight is 1130 g/mol. The maximum atomic E-state index is 14.3. The van der Waals surface area contributed by atoms with E-state index in [1.165, 1.54) is 30.6 Å². The summed E-state index contributed by atoms with van der Waals surface area (Å²) in [5.74, 6) is 1.70. The van der Waals surface area contributed by atoms with Crippen LogP contribution in [0.2, 0.25) is 0 Å². The first kappa shape index (κ1) is 58.1. The van der Waals surface area contributed by atoms with E-state index in [4.69, 9.17) is 56.7 Å². The number of aromatic nitrogens is 8. The molecule has 0 amide bonds. The Bertz CT molecular complexity index is 3680. The smallest absolute Gasteiger partial charge is 0.317 e. The number of hydrogen-bond acceptors (Lipinski definition) is 16. The van der Waals surface area contributed by atoms with E-state index in [0.717, 1.165) is 70.8 Å². The van der Waals surface area contributed by atoms with Gasteiger partial charge in [0.25, 0.3) is 5.82 Å². The molecule has 2 saturated heterocycles. The molecule has 9 aromatic rings. The Morgan fingerprint density at radius 3 is 1.57 bits per heavy atom. The summed E-state index contributed by atoms with van der Waals surface area (Å²) in [7, 11) is 3.43. The van der Waals surface area contributed by atoms with Crippen molar-refractivity contribution in [3.8, 4) is 45.9 Å². The molecule has 20 nitrogen and oxygen atoms in total. The minimum Gasteiger partial charge on any atom is -0.489 e. The zero-order valence-corrected chi connectivity index (χ0v) is 46.2. The Labute approximate surface area is 478 Å². The highest BCUT2D eigenvalue weighted by Crippen LogP contribution is 2.39. The highest BCUT2D eigenvalue weighted by Gasteiger charge is 2.28. The molecule has 0 bridgehead atoms. The van der Waals surface area contributed by atoms with E-state index in [1.54, 1.807) is 89.3 Å². The van der Waals surface area contributed by atoms with Crippen molar-refractivity contribution in [3.63, 3.8) is 0 Å². The fourth-order valence-electron chi connectivity index (χ4n) is 9.14. The van der Waals surface area contributed by atoms with Gasteiger partial charge in [-0.25, -0.2) is 23.4 Å². The van der Waals surface area contributed by atoms with Crippen LogP contribution < -0.4 is 30.4 Å². The molecular weight excluding hydrogens is 1070 g/mol. The SMILES string of the molecule is CN(C)CC(=O)O.Cc1ccc(COc2cc(F)cc(Oc3ccc(-n4nc(C5CCOCC5)c5ncnc(N)c54)cc3)c2)cn1.[C-]#[N+]c1c(N)c(C2CCOCC2)nn1-c1ccc(Oc2cc(F)cc(OCc3ccc(C)nc3)c2)cc1. The van der Waals surface area contributed by atoms with Crippen LogP contribution in [0.4, 0.5) is 26.1 Å². The Morgan fingerprint density at radius 1 is 0.651 bits per heavy atom. The van der Waals surface area contributed by atoms with Crippen LogP contribution in [0.5, 0.6) is 34.5 Å². The van der Waals surface area contributed by atoms with Crippen molar-refractivity contribution in [1.29, 1.82) is 0 Å². The summed E-state index contributed by atoms with van der Waals surface area (Å²) in [5, 5.41) is 17.6. The van der Waals surface area contributed by atoms with Gasteiger partial charge >= 0.3 is 5.97 Å². The summed E-state index contributed by atoms with van der Waals surface area (Å²) >= 11 is 0. The molecule has 4 aromatic carbocycles. The zero-order valence-electron chi connectivity index (χ0n) is 46.2. The van der Waals surface area contributed by atoms with Crippen LogP contribution in [0.1, 0.15) is 71.4 Å². The van der Waals surface area contributed by atoms with Gasteiger partial charge in [-0.15, -0.1) is 0 Å².